The lowest BCUT2D eigenvalue weighted by atomic mass is 10.0. The number of carbonyl (C=O) groups is 1. The molecule has 0 spiro atoms. The van der Waals surface area contributed by atoms with E-state index in [0.29, 0.717) is 12.0 Å². The molecule has 1 amide bonds. The highest BCUT2D eigenvalue weighted by Crippen LogP contribution is 2.30. The van der Waals surface area contributed by atoms with Crippen LogP contribution in [0.2, 0.25) is 0 Å². The summed E-state index contributed by atoms with van der Waals surface area (Å²) in [7, 11) is -2.33. The van der Waals surface area contributed by atoms with Gasteiger partial charge < -0.3 is 10.1 Å². The Bertz CT molecular complexity index is 1120. The van der Waals surface area contributed by atoms with Gasteiger partial charge in [0, 0.05) is 12.1 Å². The number of nitrogens with one attached hydrogen (secondary N) is 1. The second kappa shape index (κ2) is 9.99. The molecule has 9 nitrogen and oxygen atoms in total. The quantitative estimate of drug-likeness (QED) is 0.448. The van der Waals surface area contributed by atoms with Crippen LogP contribution in [0.4, 0.5) is 11.4 Å². The molecule has 2 aromatic rings. The molecule has 0 aliphatic heterocycles. The Morgan fingerprint density at radius 2 is 1.84 bits per heavy atom. The molecule has 0 saturated carbocycles. The number of nitro groups is 1. The Labute approximate surface area is 188 Å². The largest absolute Gasteiger partial charge is 0.496 e. The summed E-state index contributed by atoms with van der Waals surface area (Å²) < 4.78 is 31.4. The third kappa shape index (κ3) is 5.56. The van der Waals surface area contributed by atoms with Gasteiger partial charge in [-0.3, -0.25) is 19.2 Å². The van der Waals surface area contributed by atoms with Crippen LogP contribution >= 0.6 is 0 Å². The fourth-order valence-corrected chi connectivity index (χ4v) is 4.79. The summed E-state index contributed by atoms with van der Waals surface area (Å²) >= 11 is 0. The molecule has 0 unspecified atom stereocenters. The molecule has 0 radical (unpaired) electrons. The van der Waals surface area contributed by atoms with Crippen LogP contribution in [0.3, 0.4) is 0 Å². The number of sulfonamides is 1. The summed E-state index contributed by atoms with van der Waals surface area (Å²) in [5, 5.41) is 14.1. The van der Waals surface area contributed by atoms with E-state index in [2.05, 4.69) is 5.32 Å². The molecule has 1 N–H and O–H groups in total. The topological polar surface area (TPSA) is 119 Å². The Balaban J connectivity index is 2.39. The van der Waals surface area contributed by atoms with E-state index in [0.717, 1.165) is 27.4 Å². The number of aryl methyl sites for hydroxylation is 2. The molecule has 2 aromatic carbocycles. The second-order valence-electron chi connectivity index (χ2n) is 7.66. The van der Waals surface area contributed by atoms with E-state index < -0.39 is 26.9 Å². The summed E-state index contributed by atoms with van der Waals surface area (Å²) in [5.41, 5.74) is 2.11. The smallest absolute Gasteiger partial charge is 0.271 e. The lowest BCUT2D eigenvalue weighted by molar-refractivity contribution is -0.384. The molecule has 10 heteroatoms. The van der Waals surface area contributed by atoms with E-state index in [1.807, 2.05) is 32.0 Å². The van der Waals surface area contributed by atoms with Crippen molar-refractivity contribution in [2.45, 2.75) is 46.2 Å². The van der Waals surface area contributed by atoms with Gasteiger partial charge in [-0.25, -0.2) is 8.42 Å². The molecule has 0 aliphatic carbocycles. The predicted molar refractivity (Wildman–Crippen MR) is 124 cm³/mol. The molecular weight excluding hydrogens is 434 g/mol. The summed E-state index contributed by atoms with van der Waals surface area (Å²) in [4.78, 5) is 23.7. The van der Waals surface area contributed by atoms with Gasteiger partial charge in [0.25, 0.3) is 5.69 Å². The molecule has 0 aliphatic rings. The lowest BCUT2D eigenvalue weighted by Gasteiger charge is -2.30. The van der Waals surface area contributed by atoms with E-state index in [4.69, 9.17) is 4.74 Å². The number of anilines is 1. The summed E-state index contributed by atoms with van der Waals surface area (Å²) in [5.74, 6) is 0.217. The molecular formula is C22H29N3O6S. The molecule has 2 rings (SSSR count). The first-order valence-corrected chi connectivity index (χ1v) is 11.9. The van der Waals surface area contributed by atoms with Crippen LogP contribution in [-0.2, 0) is 14.8 Å². The van der Waals surface area contributed by atoms with Crippen LogP contribution in [0.15, 0.2) is 36.4 Å². The Hall–Kier alpha value is -3.14. The van der Waals surface area contributed by atoms with Crippen molar-refractivity contribution in [3.63, 3.8) is 0 Å². The molecule has 0 heterocycles. The van der Waals surface area contributed by atoms with Crippen LogP contribution in [0.25, 0.3) is 0 Å². The summed E-state index contributed by atoms with van der Waals surface area (Å²) in [6, 6.07) is 8.04. The zero-order valence-electron chi connectivity index (χ0n) is 19.1. The van der Waals surface area contributed by atoms with E-state index in [1.165, 1.54) is 25.1 Å². The normalized spacial score (nSPS) is 13.2. The van der Waals surface area contributed by atoms with Crippen molar-refractivity contribution >= 4 is 27.3 Å². The highest BCUT2D eigenvalue weighted by atomic mass is 32.2. The number of rotatable bonds is 9. The van der Waals surface area contributed by atoms with Gasteiger partial charge in [0.1, 0.15) is 11.8 Å². The number of ether oxygens (including phenoxy) is 1. The van der Waals surface area contributed by atoms with E-state index in [9.17, 15) is 23.3 Å². The highest BCUT2D eigenvalue weighted by molar-refractivity contribution is 7.92. The lowest BCUT2D eigenvalue weighted by Crippen LogP contribution is -2.48. The maximum absolute atomic E-state index is 13.1. The van der Waals surface area contributed by atoms with Crippen molar-refractivity contribution in [1.29, 1.82) is 0 Å². The number of benzene rings is 2. The fourth-order valence-electron chi connectivity index (χ4n) is 3.56. The van der Waals surface area contributed by atoms with Crippen molar-refractivity contribution in [1.82, 2.24) is 5.32 Å². The van der Waals surface area contributed by atoms with Gasteiger partial charge in [-0.2, -0.15) is 0 Å². The molecule has 174 valence electrons. The Morgan fingerprint density at radius 3 is 2.34 bits per heavy atom. The summed E-state index contributed by atoms with van der Waals surface area (Å²) in [6.45, 7) is 6.90. The van der Waals surface area contributed by atoms with Crippen molar-refractivity contribution < 1.29 is 22.9 Å². The number of methoxy groups -OCH3 is 1. The van der Waals surface area contributed by atoms with Crippen molar-refractivity contribution in [3.8, 4) is 5.75 Å². The third-order valence-corrected chi connectivity index (χ3v) is 6.50. The van der Waals surface area contributed by atoms with Crippen molar-refractivity contribution in [2.75, 3.05) is 17.7 Å². The van der Waals surface area contributed by atoms with Gasteiger partial charge in [0.15, 0.2) is 0 Å². The SMILES string of the molecule is CC[C@H](NC(=O)[C@H](C)N(c1cc([N+](=O)[O-])ccc1C)S(C)(=O)=O)c1ccc(OC)c(C)c1. The average molecular weight is 464 g/mol. The minimum Gasteiger partial charge on any atom is -0.496 e. The minimum absolute atomic E-state index is 0.0951. The standard InChI is InChI=1S/C22H29N3O6S/c1-7-19(17-9-11-21(31-5)15(3)12-17)23-22(26)16(4)24(32(6,29)30)20-13-18(25(27)28)10-8-14(20)2/h8-13,16,19H,7H2,1-6H3,(H,23,26)/t16-,19-/m0/s1. The molecule has 2 atom stereocenters. The fraction of sp³-hybridized carbons (Fsp3) is 0.409. The molecule has 0 fully saturated rings. The first-order valence-electron chi connectivity index (χ1n) is 10.1. The second-order valence-corrected chi connectivity index (χ2v) is 9.52. The van der Waals surface area contributed by atoms with Gasteiger partial charge in [0.2, 0.25) is 15.9 Å². The zero-order chi connectivity index (χ0) is 24.2. The number of non-ortho nitro benzene ring substituents is 1. The van der Waals surface area contributed by atoms with Crippen LogP contribution in [0, 0.1) is 24.0 Å². The first-order chi connectivity index (χ1) is 14.9. The van der Waals surface area contributed by atoms with Gasteiger partial charge in [0.05, 0.1) is 30.0 Å². The number of hydrogen-bond acceptors (Lipinski definition) is 6. The molecule has 0 aromatic heterocycles. The Morgan fingerprint density at radius 1 is 1.19 bits per heavy atom. The zero-order valence-corrected chi connectivity index (χ0v) is 19.9. The van der Waals surface area contributed by atoms with Gasteiger partial charge >= 0.3 is 0 Å². The Kier molecular flexibility index (Phi) is 7.84. The van der Waals surface area contributed by atoms with Gasteiger partial charge in [-0.05, 0) is 49.9 Å². The van der Waals surface area contributed by atoms with Crippen LogP contribution < -0.4 is 14.4 Å². The predicted octanol–water partition coefficient (Wildman–Crippen LogP) is 3.64. The summed E-state index contributed by atoms with van der Waals surface area (Å²) in [6.07, 6.45) is 1.55. The molecule has 0 saturated heterocycles. The number of amides is 1. The third-order valence-electron chi connectivity index (χ3n) is 5.28. The monoisotopic (exact) mass is 463 g/mol. The molecule has 0 bridgehead atoms. The van der Waals surface area contributed by atoms with Crippen LogP contribution in [-0.4, -0.2) is 38.7 Å². The van der Waals surface area contributed by atoms with Gasteiger partial charge in [-0.15, -0.1) is 0 Å². The number of nitro benzene ring substituents is 1. The van der Waals surface area contributed by atoms with E-state index >= 15 is 0 Å². The number of hydrogen-bond donors (Lipinski definition) is 1. The van der Waals surface area contributed by atoms with Crippen LogP contribution in [0.5, 0.6) is 5.75 Å². The van der Waals surface area contributed by atoms with Crippen molar-refractivity contribution in [2.24, 2.45) is 0 Å². The average Bonchev–Trinajstić information content (AvgIpc) is 2.71. The van der Waals surface area contributed by atoms with E-state index in [1.54, 1.807) is 14.0 Å². The highest BCUT2D eigenvalue weighted by Gasteiger charge is 2.32. The maximum Gasteiger partial charge on any atom is 0.271 e. The van der Waals surface area contributed by atoms with Gasteiger partial charge in [-0.1, -0.05) is 25.1 Å². The number of carbonyl (C=O) groups excluding carboxylic acids is 1. The van der Waals surface area contributed by atoms with Crippen molar-refractivity contribution in [3.05, 3.63) is 63.2 Å². The minimum atomic E-state index is -3.92. The molecule has 32 heavy (non-hydrogen) atoms. The van der Waals surface area contributed by atoms with E-state index in [-0.39, 0.29) is 17.4 Å². The number of nitrogens with zero attached hydrogens (tertiary/aromatic N) is 2. The van der Waals surface area contributed by atoms with Crippen LogP contribution in [0.1, 0.15) is 43.0 Å². The maximum atomic E-state index is 13.1. The first kappa shape index (κ1) is 25.1.